The van der Waals surface area contributed by atoms with Crippen LogP contribution in [0.5, 0.6) is 0 Å². The number of nitrogens with one attached hydrogen (secondary N) is 1. The molecule has 0 saturated carbocycles. The van der Waals surface area contributed by atoms with Gasteiger partial charge in [0.15, 0.2) is 0 Å². The van der Waals surface area contributed by atoms with Gasteiger partial charge in [0.05, 0.1) is 17.1 Å². The lowest BCUT2D eigenvalue weighted by Gasteiger charge is -2.13. The van der Waals surface area contributed by atoms with E-state index < -0.39 is 27.3 Å². The fraction of sp³-hybridized carbons (Fsp3) is 0.333. The van der Waals surface area contributed by atoms with Crippen LogP contribution in [0.3, 0.4) is 0 Å². The van der Waals surface area contributed by atoms with E-state index in [1.807, 2.05) is 0 Å². The molecule has 1 aliphatic heterocycles. The number of sulfonamides is 1. The van der Waals surface area contributed by atoms with Crippen LogP contribution >= 0.6 is 11.3 Å². The van der Waals surface area contributed by atoms with Gasteiger partial charge in [-0.25, -0.2) is 22.2 Å². The van der Waals surface area contributed by atoms with Crippen LogP contribution in [0.2, 0.25) is 0 Å². The number of aryl methyl sites for hydroxylation is 1. The van der Waals surface area contributed by atoms with Gasteiger partial charge in [-0.15, -0.1) is 11.3 Å². The summed E-state index contributed by atoms with van der Waals surface area (Å²) in [5.74, 6) is -1.71. The number of carbonyl (C=O) groups excluding carboxylic acids is 1. The highest BCUT2D eigenvalue weighted by Crippen LogP contribution is 2.34. The van der Waals surface area contributed by atoms with Crippen LogP contribution in [0, 0.1) is 25.5 Å². The maximum atomic E-state index is 14.0. The molecule has 0 spiro atoms. The minimum absolute atomic E-state index is 0.0641. The van der Waals surface area contributed by atoms with E-state index in [0.717, 1.165) is 44.1 Å². The van der Waals surface area contributed by atoms with Gasteiger partial charge in [-0.2, -0.15) is 0 Å². The molecule has 32 heavy (non-hydrogen) atoms. The number of hydrogen-bond acceptors (Lipinski definition) is 5. The van der Waals surface area contributed by atoms with Gasteiger partial charge in [-0.3, -0.25) is 9.52 Å². The van der Waals surface area contributed by atoms with Crippen molar-refractivity contribution < 1.29 is 22.0 Å². The van der Waals surface area contributed by atoms with Crippen molar-refractivity contribution in [2.75, 3.05) is 17.8 Å². The van der Waals surface area contributed by atoms with E-state index in [2.05, 4.69) is 9.71 Å². The first-order chi connectivity index (χ1) is 15.1. The van der Waals surface area contributed by atoms with Crippen molar-refractivity contribution in [1.82, 2.24) is 14.5 Å². The van der Waals surface area contributed by atoms with E-state index in [9.17, 15) is 22.0 Å². The van der Waals surface area contributed by atoms with Gasteiger partial charge in [0.25, 0.3) is 15.9 Å². The van der Waals surface area contributed by atoms with Crippen molar-refractivity contribution in [3.8, 4) is 10.7 Å². The average molecular weight is 481 g/mol. The number of halogens is 2. The van der Waals surface area contributed by atoms with Gasteiger partial charge < -0.3 is 9.47 Å². The molecule has 7 nitrogen and oxygen atoms in total. The third-order valence-corrected chi connectivity index (χ3v) is 8.20. The van der Waals surface area contributed by atoms with Crippen molar-refractivity contribution >= 4 is 33.0 Å². The third-order valence-electron chi connectivity index (χ3n) is 5.55. The van der Waals surface area contributed by atoms with Crippen LogP contribution in [0.1, 0.15) is 33.9 Å². The smallest absolute Gasteiger partial charge is 0.265 e. The topological polar surface area (TPSA) is 84.3 Å². The van der Waals surface area contributed by atoms with Gasteiger partial charge in [-0.1, -0.05) is 0 Å². The largest absolute Gasteiger partial charge is 0.345 e. The zero-order valence-corrected chi connectivity index (χ0v) is 19.4. The van der Waals surface area contributed by atoms with E-state index in [0.29, 0.717) is 27.0 Å². The highest BCUT2D eigenvalue weighted by Gasteiger charge is 2.28. The molecule has 0 unspecified atom stereocenters. The number of amides is 1. The van der Waals surface area contributed by atoms with Gasteiger partial charge in [0.2, 0.25) is 0 Å². The van der Waals surface area contributed by atoms with Crippen molar-refractivity contribution in [3.05, 3.63) is 52.2 Å². The van der Waals surface area contributed by atoms with Gasteiger partial charge in [0, 0.05) is 31.9 Å². The predicted molar refractivity (Wildman–Crippen MR) is 118 cm³/mol. The summed E-state index contributed by atoms with van der Waals surface area (Å²) >= 11 is 1.21. The number of aromatic nitrogens is 2. The summed E-state index contributed by atoms with van der Waals surface area (Å²) in [4.78, 5) is 19.6. The van der Waals surface area contributed by atoms with Crippen LogP contribution in [-0.4, -0.2) is 41.9 Å². The fourth-order valence-corrected chi connectivity index (χ4v) is 6.13. The third kappa shape index (κ3) is 4.02. The molecule has 3 aromatic rings. The van der Waals surface area contributed by atoms with Crippen LogP contribution in [0.4, 0.5) is 14.5 Å². The lowest BCUT2D eigenvalue weighted by molar-refractivity contribution is 0.0796. The summed E-state index contributed by atoms with van der Waals surface area (Å²) in [5.41, 5.74) is 1.02. The van der Waals surface area contributed by atoms with E-state index in [1.54, 1.807) is 30.4 Å². The molecule has 0 atom stereocenters. The molecule has 1 aliphatic rings. The number of hydrogen-bond donors (Lipinski definition) is 1. The van der Waals surface area contributed by atoms with E-state index in [4.69, 9.17) is 0 Å². The van der Waals surface area contributed by atoms with Gasteiger partial charge >= 0.3 is 0 Å². The summed E-state index contributed by atoms with van der Waals surface area (Å²) in [6.07, 6.45) is 1.96. The fourth-order valence-electron chi connectivity index (χ4n) is 3.69. The molecule has 0 radical (unpaired) electrons. The second-order valence-corrected chi connectivity index (χ2v) is 10.4. The van der Waals surface area contributed by atoms with Crippen LogP contribution < -0.4 is 4.72 Å². The van der Waals surface area contributed by atoms with Gasteiger partial charge in [-0.05, 0) is 44.9 Å². The molecule has 11 heteroatoms. The first-order valence-electron chi connectivity index (χ1n) is 10.00. The lowest BCUT2D eigenvalue weighted by Crippen LogP contribution is -2.27. The molecule has 1 amide bonds. The standard InChI is InChI=1S/C21H22F2N4O3S2/c1-12-19(21(28)27-8-4-5-9-27)31-20(24-12)17-11-18(13(2)26(17)3)32(29,30)25-16-10-14(22)6-7-15(16)23/h6-7,10-11,25H,4-5,8-9H2,1-3H3. The van der Waals surface area contributed by atoms with Crippen LogP contribution in [-0.2, 0) is 17.1 Å². The second kappa shape index (κ2) is 8.28. The molecule has 1 aromatic carbocycles. The number of nitrogens with zero attached hydrogens (tertiary/aromatic N) is 3. The Bertz CT molecular complexity index is 1310. The molecule has 2 aromatic heterocycles. The highest BCUT2D eigenvalue weighted by molar-refractivity contribution is 7.92. The molecule has 3 heterocycles. The summed E-state index contributed by atoms with van der Waals surface area (Å²) in [7, 11) is -2.52. The summed E-state index contributed by atoms with van der Waals surface area (Å²) in [5, 5.41) is 0.508. The SMILES string of the molecule is Cc1nc(-c2cc(S(=O)(=O)Nc3cc(F)ccc3F)c(C)n2C)sc1C(=O)N1CCCC1. The molecule has 1 saturated heterocycles. The lowest BCUT2D eigenvalue weighted by atomic mass is 10.3. The van der Waals surface area contributed by atoms with E-state index in [1.165, 1.54) is 17.4 Å². The van der Waals surface area contributed by atoms with Crippen molar-refractivity contribution in [1.29, 1.82) is 0 Å². The number of rotatable bonds is 5. The molecule has 0 aliphatic carbocycles. The van der Waals surface area contributed by atoms with Gasteiger partial charge in [0.1, 0.15) is 26.4 Å². The molecule has 4 rings (SSSR count). The van der Waals surface area contributed by atoms with Crippen molar-refractivity contribution in [2.45, 2.75) is 31.6 Å². The Morgan fingerprint density at radius 2 is 1.84 bits per heavy atom. The molecular formula is C21H22F2N4O3S2. The summed E-state index contributed by atoms with van der Waals surface area (Å²) < 4.78 is 57.1. The Morgan fingerprint density at radius 1 is 1.16 bits per heavy atom. The zero-order chi connectivity index (χ0) is 23.2. The summed E-state index contributed by atoms with van der Waals surface area (Å²) in [6.45, 7) is 4.81. The minimum atomic E-state index is -4.20. The number of anilines is 1. The molecule has 170 valence electrons. The van der Waals surface area contributed by atoms with Crippen LogP contribution in [0.25, 0.3) is 10.7 Å². The van der Waals surface area contributed by atoms with Crippen molar-refractivity contribution in [3.63, 3.8) is 0 Å². The minimum Gasteiger partial charge on any atom is -0.345 e. The summed E-state index contributed by atoms with van der Waals surface area (Å²) in [6, 6.07) is 3.97. The Labute approximate surface area is 188 Å². The quantitative estimate of drug-likeness (QED) is 0.596. The predicted octanol–water partition coefficient (Wildman–Crippen LogP) is 4.08. The number of carbonyl (C=O) groups is 1. The van der Waals surface area contributed by atoms with E-state index >= 15 is 0 Å². The Morgan fingerprint density at radius 3 is 2.53 bits per heavy atom. The molecule has 1 fully saturated rings. The maximum absolute atomic E-state index is 14.0. The number of likely N-dealkylation sites (tertiary alicyclic amines) is 1. The average Bonchev–Trinajstić information content (AvgIpc) is 3.45. The Kier molecular flexibility index (Phi) is 5.80. The molecular weight excluding hydrogens is 458 g/mol. The molecule has 0 bridgehead atoms. The Hall–Kier alpha value is -2.79. The maximum Gasteiger partial charge on any atom is 0.265 e. The monoisotopic (exact) mass is 480 g/mol. The first kappa shape index (κ1) is 22.4. The zero-order valence-electron chi connectivity index (χ0n) is 17.8. The first-order valence-corrected chi connectivity index (χ1v) is 12.3. The van der Waals surface area contributed by atoms with Crippen LogP contribution in [0.15, 0.2) is 29.2 Å². The second-order valence-electron chi connectivity index (χ2n) is 7.70. The number of thiazole rings is 1. The Balaban J connectivity index is 1.69. The number of benzene rings is 1. The van der Waals surface area contributed by atoms with Crippen molar-refractivity contribution in [2.24, 2.45) is 7.05 Å². The highest BCUT2D eigenvalue weighted by atomic mass is 32.2. The normalized spacial score (nSPS) is 14.2. The molecule has 1 N–H and O–H groups in total. The van der Waals surface area contributed by atoms with E-state index in [-0.39, 0.29) is 10.8 Å².